The van der Waals surface area contributed by atoms with E-state index in [0.29, 0.717) is 0 Å². The Morgan fingerprint density at radius 3 is 0.504 bits per heavy atom. The van der Waals surface area contributed by atoms with Crippen molar-refractivity contribution in [3.63, 3.8) is 0 Å². The van der Waals surface area contributed by atoms with E-state index in [0.717, 1.165) is 147 Å². The summed E-state index contributed by atoms with van der Waals surface area (Å²) in [6.07, 6.45) is 90.1. The summed E-state index contributed by atoms with van der Waals surface area (Å²) in [7, 11) is 0. The molecule has 0 bridgehead atoms. The maximum atomic E-state index is 5.42. The van der Waals surface area contributed by atoms with E-state index in [1.165, 1.54) is 418 Å². The first-order valence-electron chi connectivity index (χ1n) is 53.4. The van der Waals surface area contributed by atoms with Gasteiger partial charge in [-0.3, -0.25) is 16.0 Å². The third-order valence-electron chi connectivity index (χ3n) is 26.0. The fourth-order valence-corrected chi connectivity index (χ4v) is 11.6. The van der Waals surface area contributed by atoms with E-state index >= 15 is 0 Å². The Bertz CT molecular complexity index is 1500. The third-order valence-corrected chi connectivity index (χ3v) is 26.0. The normalized spacial score (nSPS) is 20.8. The van der Waals surface area contributed by atoms with Gasteiger partial charge in [0, 0.05) is 37.9 Å². The van der Waals surface area contributed by atoms with Crippen LogP contribution < -0.4 is 21.3 Å². The van der Waals surface area contributed by atoms with Crippen LogP contribution in [0.4, 0.5) is 0 Å². The van der Waals surface area contributed by atoms with Crippen molar-refractivity contribution >= 4 is 13.5 Å². The van der Waals surface area contributed by atoms with Gasteiger partial charge >= 0.3 is 0 Å². The topological polar surface area (TPSA) is 75.8 Å². The van der Waals surface area contributed by atoms with E-state index in [1.54, 1.807) is 0 Å². The van der Waals surface area contributed by atoms with E-state index in [4.69, 9.17) is 14.2 Å². The molecular weight excluding hydrogens is 1420 g/mol. The molecule has 8 heteroatoms. The molecule has 18 fully saturated rings. The number of unbranched alkanes of at least 4 members (excludes halogenated alkanes) is 9. The highest BCUT2D eigenvalue weighted by molar-refractivity contribution is 7.59. The lowest BCUT2D eigenvalue weighted by Gasteiger charge is -2.04. The molecule has 0 spiro atoms. The second-order valence-corrected chi connectivity index (χ2v) is 39.3. The Morgan fingerprint density at radius 1 is 0.183 bits per heavy atom. The van der Waals surface area contributed by atoms with Crippen LogP contribution in [0, 0.1) is 88.8 Å². The SMILES string of the molecule is CCC1CC1.CCC1CC1.CCC1CC1.CCC1CC1.CCC1CC1.CCC1CC1.CCC1CC1.CCC1CC1.CCC1CC1.CCC1CC1.CCC1CC1.CCC1CC1.CCC1CC1.CCC1CC1.CCCCCCNCC1CC1.CCCCCCOCNC1CC1.CCCCCOCNC1CC1.CCCCOCNC1CC1.S. The van der Waals surface area contributed by atoms with Crippen molar-refractivity contribution in [3.05, 3.63) is 0 Å². The van der Waals surface area contributed by atoms with Gasteiger partial charge in [0.15, 0.2) is 0 Å². The average molecular weight is 1640 g/mol. The summed E-state index contributed by atoms with van der Waals surface area (Å²) in [5.41, 5.74) is 0. The highest BCUT2D eigenvalue weighted by Gasteiger charge is 2.26. The first-order chi connectivity index (χ1) is 55.8. The van der Waals surface area contributed by atoms with E-state index < -0.39 is 0 Å². The number of nitrogens with one attached hydrogen (secondary N) is 4. The second-order valence-electron chi connectivity index (χ2n) is 39.3. The van der Waals surface area contributed by atoms with Crippen LogP contribution in [0.15, 0.2) is 0 Å². The predicted octanol–water partition coefficient (Wildman–Crippen LogP) is 33.7. The molecule has 0 unspecified atom stereocenters. The van der Waals surface area contributed by atoms with Crippen molar-refractivity contribution in [1.29, 1.82) is 0 Å². The van der Waals surface area contributed by atoms with E-state index in [2.05, 4.69) is 146 Å². The lowest BCUT2D eigenvalue weighted by atomic mass is 10.2. The van der Waals surface area contributed by atoms with Crippen molar-refractivity contribution in [2.24, 2.45) is 88.8 Å². The minimum absolute atomic E-state index is 0. The van der Waals surface area contributed by atoms with Gasteiger partial charge in [0.05, 0.1) is 20.2 Å². The maximum Gasteiger partial charge on any atom is 0.0967 e. The first kappa shape index (κ1) is 115. The Labute approximate surface area is 733 Å². The third kappa shape index (κ3) is 110. The maximum absolute atomic E-state index is 5.42. The number of hydrogen-bond acceptors (Lipinski definition) is 7. The Kier molecular flexibility index (Phi) is 83.7. The molecular formula is C107H220N4O3S. The number of hydrogen-bond donors (Lipinski definition) is 4. The lowest BCUT2D eigenvalue weighted by molar-refractivity contribution is 0.111. The quantitative estimate of drug-likeness (QED) is 0.0358. The molecule has 0 aromatic carbocycles. The molecule has 0 heterocycles. The van der Waals surface area contributed by atoms with Gasteiger partial charge in [0.1, 0.15) is 0 Å². The summed E-state index contributed by atoms with van der Waals surface area (Å²) in [6, 6.07) is 2.34. The Morgan fingerprint density at radius 2 is 0.348 bits per heavy atom. The van der Waals surface area contributed by atoms with Crippen LogP contribution in [0.25, 0.3) is 0 Å². The summed E-state index contributed by atoms with van der Waals surface area (Å²) < 4.78 is 16.1. The van der Waals surface area contributed by atoms with Gasteiger partial charge in [-0.25, -0.2) is 0 Å². The van der Waals surface area contributed by atoms with Crippen LogP contribution in [0.3, 0.4) is 0 Å². The lowest BCUT2D eigenvalue weighted by Crippen LogP contribution is -2.20. The summed E-state index contributed by atoms with van der Waals surface area (Å²) in [4.78, 5) is 0. The van der Waals surface area contributed by atoms with Gasteiger partial charge in [-0.2, -0.15) is 13.5 Å². The Hall–Kier alpha value is 0.0700. The number of rotatable bonds is 42. The molecule has 0 saturated heterocycles. The van der Waals surface area contributed by atoms with Crippen LogP contribution in [-0.2, 0) is 14.2 Å². The zero-order valence-electron chi connectivity index (χ0n) is 82.3. The standard InChI is InChI=1S/C10H21NO.C10H21N.C9H19NO.C8H17NO.14C5H10.H2S/c1-2-3-4-5-8-12-9-11-10-6-7-10;1-2-3-4-5-8-11-9-10-6-7-10;1-2-3-4-7-11-8-10-9-5-6-9;1-2-3-6-10-7-9-8-4-5-8;14*1-2-5-3-4-5;/h10-11H,2-9H2,1H3;10-11H,2-9H2,1H3;9-10H,2-8H2,1H3;8-9H,2-7H2,1H3;14*5H,2-4H2,1H3;1H2. The summed E-state index contributed by atoms with van der Waals surface area (Å²) >= 11 is 0. The van der Waals surface area contributed by atoms with Crippen LogP contribution in [0.2, 0.25) is 0 Å². The zero-order chi connectivity index (χ0) is 83.5. The molecule has 4 N–H and O–H groups in total. The van der Waals surface area contributed by atoms with Crippen molar-refractivity contribution in [2.75, 3.05) is 53.1 Å². The van der Waals surface area contributed by atoms with Crippen LogP contribution >= 0.6 is 13.5 Å². The van der Waals surface area contributed by atoms with Gasteiger partial charge in [0.25, 0.3) is 0 Å². The van der Waals surface area contributed by atoms with E-state index in [1.807, 2.05) is 0 Å². The summed E-state index contributed by atoms with van der Waals surface area (Å²) in [5, 5.41) is 13.4. The minimum atomic E-state index is 0. The highest BCUT2D eigenvalue weighted by Crippen LogP contribution is 2.38. The van der Waals surface area contributed by atoms with Crippen molar-refractivity contribution in [3.8, 4) is 0 Å². The van der Waals surface area contributed by atoms with Crippen molar-refractivity contribution in [2.45, 2.75) is 547 Å². The smallest absolute Gasteiger partial charge is 0.0967 e. The van der Waals surface area contributed by atoms with Gasteiger partial charge < -0.3 is 19.5 Å². The molecule has 7 nitrogen and oxygen atoms in total. The van der Waals surface area contributed by atoms with Gasteiger partial charge in [0.2, 0.25) is 0 Å². The predicted molar refractivity (Wildman–Crippen MR) is 522 cm³/mol. The molecule has 0 aliphatic heterocycles. The van der Waals surface area contributed by atoms with Gasteiger partial charge in [-0.15, -0.1) is 0 Å². The molecule has 0 atom stereocenters. The van der Waals surface area contributed by atoms with Crippen molar-refractivity contribution in [1.82, 2.24) is 21.3 Å². The van der Waals surface area contributed by atoms with Crippen LogP contribution in [0.5, 0.6) is 0 Å². The molecule has 18 rings (SSSR count). The monoisotopic (exact) mass is 1640 g/mol. The molecule has 0 radical (unpaired) electrons. The molecule has 18 saturated carbocycles. The fraction of sp³-hybridized carbons (Fsp3) is 1.00. The molecule has 18 aliphatic rings. The molecule has 115 heavy (non-hydrogen) atoms. The van der Waals surface area contributed by atoms with Crippen molar-refractivity contribution < 1.29 is 14.2 Å². The fourth-order valence-electron chi connectivity index (χ4n) is 11.6. The first-order valence-corrected chi connectivity index (χ1v) is 53.4. The largest absolute Gasteiger partial charge is 0.366 e. The second kappa shape index (κ2) is 83.6. The number of ether oxygens (including phenoxy) is 3. The molecule has 0 amide bonds. The van der Waals surface area contributed by atoms with Crippen LogP contribution in [0.1, 0.15) is 529 Å². The molecule has 0 aromatic rings. The van der Waals surface area contributed by atoms with Gasteiger partial charge in [-0.1, -0.05) is 452 Å². The Balaban J connectivity index is 0.00000121. The molecule has 692 valence electrons. The average Bonchev–Trinajstić information content (AvgIpc) is 1.80. The van der Waals surface area contributed by atoms with E-state index in [-0.39, 0.29) is 13.5 Å². The molecule has 0 aromatic heterocycles. The van der Waals surface area contributed by atoms with E-state index in [9.17, 15) is 0 Å². The van der Waals surface area contributed by atoms with Gasteiger partial charge in [-0.05, 0) is 179 Å². The molecule has 18 aliphatic carbocycles. The summed E-state index contributed by atoms with van der Waals surface area (Å²) in [6.45, 7) is 48.1. The zero-order valence-corrected chi connectivity index (χ0v) is 83.3. The summed E-state index contributed by atoms with van der Waals surface area (Å²) in [5.74, 6) is 16.9. The van der Waals surface area contributed by atoms with Crippen LogP contribution in [-0.4, -0.2) is 71.2 Å². The minimum Gasteiger partial charge on any atom is -0.366 e. The highest BCUT2D eigenvalue weighted by atomic mass is 32.1.